The minimum Gasteiger partial charge on any atom is -0.353 e. The van der Waals surface area contributed by atoms with Crippen molar-refractivity contribution in [3.05, 3.63) is 34.9 Å². The lowest BCUT2D eigenvalue weighted by Crippen LogP contribution is -2.52. The van der Waals surface area contributed by atoms with Crippen LogP contribution in [-0.2, 0) is 16.1 Å². The Morgan fingerprint density at radius 3 is 3.00 bits per heavy atom. The predicted molar refractivity (Wildman–Crippen MR) is 77.4 cm³/mol. The van der Waals surface area contributed by atoms with Gasteiger partial charge in [0.2, 0.25) is 11.8 Å². The van der Waals surface area contributed by atoms with Gasteiger partial charge in [0.25, 0.3) is 0 Å². The van der Waals surface area contributed by atoms with E-state index in [1.54, 1.807) is 4.90 Å². The Morgan fingerprint density at radius 2 is 2.30 bits per heavy atom. The molecule has 1 aliphatic heterocycles. The first kappa shape index (κ1) is 14.8. The van der Waals surface area contributed by atoms with Gasteiger partial charge in [-0.15, -0.1) is 0 Å². The third-order valence-corrected chi connectivity index (χ3v) is 3.37. The van der Waals surface area contributed by atoms with E-state index in [4.69, 9.17) is 11.6 Å². The summed E-state index contributed by atoms with van der Waals surface area (Å²) in [6, 6.07) is 7.57. The summed E-state index contributed by atoms with van der Waals surface area (Å²) in [6.07, 6.45) is 0. The number of nitrogens with one attached hydrogen (secondary N) is 1. The molecule has 0 radical (unpaired) electrons. The van der Waals surface area contributed by atoms with Crippen LogP contribution in [0.2, 0.25) is 5.02 Å². The first-order valence-electron chi connectivity index (χ1n) is 6.52. The van der Waals surface area contributed by atoms with Gasteiger partial charge in [-0.3, -0.25) is 14.5 Å². The molecule has 1 aromatic rings. The van der Waals surface area contributed by atoms with Gasteiger partial charge in [-0.25, -0.2) is 0 Å². The summed E-state index contributed by atoms with van der Waals surface area (Å²) in [5.74, 6) is -0.119. The molecule has 20 heavy (non-hydrogen) atoms. The first-order valence-corrected chi connectivity index (χ1v) is 6.90. The summed E-state index contributed by atoms with van der Waals surface area (Å²) >= 11 is 5.93. The zero-order chi connectivity index (χ0) is 14.5. The molecule has 1 heterocycles. The highest BCUT2D eigenvalue weighted by Gasteiger charge is 2.21. The maximum atomic E-state index is 12.1. The molecule has 0 bridgehead atoms. The molecule has 1 N–H and O–H groups in total. The summed E-state index contributed by atoms with van der Waals surface area (Å²) in [4.78, 5) is 26.9. The van der Waals surface area contributed by atoms with E-state index in [-0.39, 0.29) is 18.4 Å². The Balaban J connectivity index is 1.86. The maximum absolute atomic E-state index is 12.1. The van der Waals surface area contributed by atoms with Crippen LogP contribution in [0.4, 0.5) is 0 Å². The Morgan fingerprint density at radius 1 is 1.50 bits per heavy atom. The number of halogens is 1. The van der Waals surface area contributed by atoms with Crippen LogP contribution in [0, 0.1) is 0 Å². The van der Waals surface area contributed by atoms with Crippen molar-refractivity contribution < 1.29 is 9.59 Å². The van der Waals surface area contributed by atoms with Crippen LogP contribution in [0.15, 0.2) is 24.3 Å². The molecule has 1 aliphatic rings. The Kier molecular flexibility index (Phi) is 4.98. The molecule has 2 rings (SSSR count). The van der Waals surface area contributed by atoms with Crippen LogP contribution in [0.3, 0.4) is 0 Å². The Labute approximate surface area is 123 Å². The number of piperazine rings is 1. The van der Waals surface area contributed by atoms with Gasteiger partial charge in [0.15, 0.2) is 0 Å². The van der Waals surface area contributed by atoms with Crippen LogP contribution in [0.25, 0.3) is 0 Å². The highest BCUT2D eigenvalue weighted by molar-refractivity contribution is 6.30. The quantitative estimate of drug-likeness (QED) is 0.891. The first-order chi connectivity index (χ1) is 9.54. The zero-order valence-electron chi connectivity index (χ0n) is 11.4. The molecule has 6 heteroatoms. The van der Waals surface area contributed by atoms with Gasteiger partial charge in [-0.2, -0.15) is 0 Å². The molecule has 0 saturated carbocycles. The second kappa shape index (κ2) is 6.72. The summed E-state index contributed by atoms with van der Waals surface area (Å²) in [6.45, 7) is 2.20. The minimum absolute atomic E-state index is 0.0237. The van der Waals surface area contributed by atoms with Crippen molar-refractivity contribution >= 4 is 23.4 Å². The van der Waals surface area contributed by atoms with Crippen LogP contribution in [-0.4, -0.2) is 54.8 Å². The number of hydrogen-bond donors (Lipinski definition) is 1. The predicted octanol–water partition coefficient (Wildman–Crippen LogP) is 0.730. The molecular weight excluding hydrogens is 278 g/mol. The summed E-state index contributed by atoms with van der Waals surface area (Å²) in [7, 11) is 1.88. The van der Waals surface area contributed by atoms with Crippen LogP contribution in [0.1, 0.15) is 5.56 Å². The number of rotatable bonds is 4. The number of amides is 2. The van der Waals surface area contributed by atoms with Crippen molar-refractivity contribution in [2.24, 2.45) is 0 Å². The number of likely N-dealkylation sites (N-methyl/N-ethyl adjacent to an activating group) is 1. The zero-order valence-corrected chi connectivity index (χ0v) is 12.2. The monoisotopic (exact) mass is 295 g/mol. The lowest BCUT2D eigenvalue weighted by atomic mass is 10.2. The van der Waals surface area contributed by atoms with Crippen molar-refractivity contribution in [1.29, 1.82) is 0 Å². The molecule has 0 atom stereocenters. The molecule has 108 valence electrons. The highest BCUT2D eigenvalue weighted by atomic mass is 35.5. The smallest absolute Gasteiger partial charge is 0.239 e. The number of nitrogens with zero attached hydrogens (tertiary/aromatic N) is 2. The molecule has 0 spiro atoms. The van der Waals surface area contributed by atoms with Crippen molar-refractivity contribution in [3.63, 3.8) is 0 Å². The van der Waals surface area contributed by atoms with E-state index in [9.17, 15) is 9.59 Å². The fraction of sp³-hybridized carbons (Fsp3) is 0.429. The lowest BCUT2D eigenvalue weighted by molar-refractivity contribution is -0.138. The van der Waals surface area contributed by atoms with Crippen LogP contribution < -0.4 is 5.32 Å². The topological polar surface area (TPSA) is 52.7 Å². The fourth-order valence-corrected chi connectivity index (χ4v) is 2.40. The van der Waals surface area contributed by atoms with E-state index in [2.05, 4.69) is 5.32 Å². The third kappa shape index (κ3) is 4.21. The minimum atomic E-state index is -0.0953. The van der Waals surface area contributed by atoms with E-state index < -0.39 is 0 Å². The van der Waals surface area contributed by atoms with Gasteiger partial charge in [0.05, 0.1) is 13.1 Å². The molecule has 1 saturated heterocycles. The van der Waals surface area contributed by atoms with E-state index in [0.29, 0.717) is 31.2 Å². The second-order valence-corrected chi connectivity index (χ2v) is 5.40. The molecule has 5 nitrogen and oxygen atoms in total. The fourth-order valence-electron chi connectivity index (χ4n) is 2.19. The number of hydrogen-bond acceptors (Lipinski definition) is 3. The van der Waals surface area contributed by atoms with E-state index in [1.807, 2.05) is 36.2 Å². The molecule has 2 amide bonds. The number of benzene rings is 1. The van der Waals surface area contributed by atoms with Crippen LogP contribution in [0.5, 0.6) is 0 Å². The van der Waals surface area contributed by atoms with Gasteiger partial charge in [0, 0.05) is 24.7 Å². The molecular formula is C14H18ClN3O2. The standard InChI is InChI=1S/C14H18ClN3O2/c1-17(8-11-3-2-4-12(15)7-11)10-14(20)18-6-5-16-13(19)9-18/h2-4,7H,5-6,8-10H2,1H3,(H,16,19). The molecule has 0 aromatic heterocycles. The van der Waals surface area contributed by atoms with E-state index in [0.717, 1.165) is 5.56 Å². The summed E-state index contributed by atoms with van der Waals surface area (Å²) in [5, 5.41) is 3.39. The van der Waals surface area contributed by atoms with Gasteiger partial charge in [-0.1, -0.05) is 23.7 Å². The molecule has 1 aromatic carbocycles. The SMILES string of the molecule is CN(CC(=O)N1CCNC(=O)C1)Cc1cccc(Cl)c1. The lowest BCUT2D eigenvalue weighted by Gasteiger charge is -2.28. The largest absolute Gasteiger partial charge is 0.353 e. The summed E-state index contributed by atoms with van der Waals surface area (Å²) < 4.78 is 0. The number of carbonyl (C=O) groups excluding carboxylic acids is 2. The maximum Gasteiger partial charge on any atom is 0.239 e. The average Bonchev–Trinajstić information content (AvgIpc) is 2.38. The second-order valence-electron chi connectivity index (χ2n) is 4.97. The van der Waals surface area contributed by atoms with Gasteiger partial charge in [0.1, 0.15) is 0 Å². The van der Waals surface area contributed by atoms with Gasteiger partial charge < -0.3 is 10.2 Å². The molecule has 0 aliphatic carbocycles. The van der Waals surface area contributed by atoms with Crippen molar-refractivity contribution in [2.45, 2.75) is 6.54 Å². The van der Waals surface area contributed by atoms with Crippen molar-refractivity contribution in [2.75, 3.05) is 33.2 Å². The van der Waals surface area contributed by atoms with E-state index in [1.165, 1.54) is 0 Å². The normalized spacial score (nSPS) is 15.3. The van der Waals surface area contributed by atoms with Crippen molar-refractivity contribution in [3.8, 4) is 0 Å². The van der Waals surface area contributed by atoms with Gasteiger partial charge in [-0.05, 0) is 24.7 Å². The Bertz CT molecular complexity index is 507. The van der Waals surface area contributed by atoms with E-state index >= 15 is 0 Å². The Hall–Kier alpha value is -1.59. The van der Waals surface area contributed by atoms with Crippen molar-refractivity contribution in [1.82, 2.24) is 15.1 Å². The third-order valence-electron chi connectivity index (χ3n) is 3.14. The average molecular weight is 296 g/mol. The van der Waals surface area contributed by atoms with Crippen LogP contribution >= 0.6 is 11.6 Å². The number of carbonyl (C=O) groups is 2. The molecule has 0 unspecified atom stereocenters. The summed E-state index contributed by atoms with van der Waals surface area (Å²) in [5.41, 5.74) is 1.06. The van der Waals surface area contributed by atoms with Gasteiger partial charge >= 0.3 is 0 Å². The highest BCUT2D eigenvalue weighted by Crippen LogP contribution is 2.12. The molecule has 1 fully saturated rings.